The number of benzene rings is 2. The lowest BCUT2D eigenvalue weighted by Gasteiger charge is -2.16. The lowest BCUT2D eigenvalue weighted by molar-refractivity contribution is -0.124. The van der Waals surface area contributed by atoms with Crippen molar-refractivity contribution in [3.8, 4) is 11.5 Å². The number of nitrogens with one attached hydrogen (secondary N) is 1. The Labute approximate surface area is 162 Å². The number of nitrogens with zero attached hydrogens (tertiary/aromatic N) is 4. The van der Waals surface area contributed by atoms with Crippen molar-refractivity contribution in [1.29, 1.82) is 0 Å². The number of carbonyl (C=O) groups excluding carboxylic acids is 1. The summed E-state index contributed by atoms with van der Waals surface area (Å²) < 4.78 is 7.21. The molecule has 0 aliphatic heterocycles. The van der Waals surface area contributed by atoms with E-state index in [-0.39, 0.29) is 18.5 Å². The molecule has 1 atom stereocenters. The van der Waals surface area contributed by atoms with Crippen molar-refractivity contribution in [1.82, 2.24) is 25.0 Å². The van der Waals surface area contributed by atoms with Gasteiger partial charge >= 0.3 is 0 Å². The van der Waals surface area contributed by atoms with Crippen molar-refractivity contribution in [2.45, 2.75) is 32.9 Å². The lowest BCUT2D eigenvalue weighted by atomic mass is 10.1. The van der Waals surface area contributed by atoms with Gasteiger partial charge in [0.1, 0.15) is 6.04 Å². The SMILES string of the molecule is CCC(C(=O)NCc1noc(-c2ccc(C)cc2)n1)n1cnc2ccccc21. The zero-order valence-corrected chi connectivity index (χ0v) is 15.8. The van der Waals surface area contributed by atoms with Crippen molar-refractivity contribution in [3.63, 3.8) is 0 Å². The summed E-state index contributed by atoms with van der Waals surface area (Å²) in [6, 6.07) is 15.3. The molecule has 0 fully saturated rings. The van der Waals surface area contributed by atoms with Crippen molar-refractivity contribution in [3.05, 3.63) is 66.2 Å². The highest BCUT2D eigenvalue weighted by atomic mass is 16.5. The molecule has 7 nitrogen and oxygen atoms in total. The molecule has 0 aliphatic rings. The summed E-state index contributed by atoms with van der Waals surface area (Å²) in [7, 11) is 0. The van der Waals surface area contributed by atoms with Gasteiger partial charge in [0.05, 0.1) is 23.9 Å². The van der Waals surface area contributed by atoms with Gasteiger partial charge in [-0.1, -0.05) is 41.9 Å². The normalized spacial score (nSPS) is 12.2. The highest BCUT2D eigenvalue weighted by Gasteiger charge is 2.21. The quantitative estimate of drug-likeness (QED) is 0.556. The minimum Gasteiger partial charge on any atom is -0.347 e. The molecule has 1 N–H and O–H groups in total. The molecule has 4 rings (SSSR count). The van der Waals surface area contributed by atoms with Crippen LogP contribution in [-0.4, -0.2) is 25.6 Å². The van der Waals surface area contributed by atoms with Gasteiger partial charge in [-0.05, 0) is 37.6 Å². The van der Waals surface area contributed by atoms with Gasteiger partial charge < -0.3 is 14.4 Å². The van der Waals surface area contributed by atoms with Gasteiger partial charge in [-0.2, -0.15) is 4.98 Å². The average molecular weight is 375 g/mol. The van der Waals surface area contributed by atoms with Gasteiger partial charge in [0, 0.05) is 5.56 Å². The maximum absolute atomic E-state index is 12.8. The van der Waals surface area contributed by atoms with E-state index in [0.717, 1.165) is 22.2 Å². The third kappa shape index (κ3) is 3.51. The minimum atomic E-state index is -0.351. The summed E-state index contributed by atoms with van der Waals surface area (Å²) in [5, 5.41) is 6.87. The molecule has 4 aromatic rings. The number of hydrogen-bond donors (Lipinski definition) is 1. The number of carbonyl (C=O) groups is 1. The molecule has 2 heterocycles. The number of amides is 1. The standard InChI is InChI=1S/C21H21N5O2/c1-3-17(26-13-23-16-6-4-5-7-18(16)26)20(27)22-12-19-24-21(28-25-19)15-10-8-14(2)9-11-15/h4-11,13,17H,3,12H2,1-2H3,(H,22,27). The Hall–Kier alpha value is -3.48. The fourth-order valence-corrected chi connectivity index (χ4v) is 3.16. The molecule has 0 saturated carbocycles. The van der Waals surface area contributed by atoms with E-state index >= 15 is 0 Å². The van der Waals surface area contributed by atoms with Crippen LogP contribution in [0, 0.1) is 6.92 Å². The summed E-state index contributed by atoms with van der Waals surface area (Å²) in [5.41, 5.74) is 3.82. The van der Waals surface area contributed by atoms with Crippen LogP contribution in [0.3, 0.4) is 0 Å². The van der Waals surface area contributed by atoms with Crippen molar-refractivity contribution >= 4 is 16.9 Å². The zero-order chi connectivity index (χ0) is 19.5. The van der Waals surface area contributed by atoms with E-state index in [4.69, 9.17) is 4.52 Å². The van der Waals surface area contributed by atoms with Crippen LogP contribution >= 0.6 is 0 Å². The molecule has 142 valence electrons. The second-order valence-corrected chi connectivity index (χ2v) is 6.66. The zero-order valence-electron chi connectivity index (χ0n) is 15.8. The van der Waals surface area contributed by atoms with Crippen LogP contribution in [-0.2, 0) is 11.3 Å². The first-order chi connectivity index (χ1) is 13.7. The molecule has 0 saturated heterocycles. The highest BCUT2D eigenvalue weighted by Crippen LogP contribution is 2.21. The molecule has 2 aromatic heterocycles. The molecule has 1 amide bonds. The smallest absolute Gasteiger partial charge is 0.257 e. The van der Waals surface area contributed by atoms with E-state index in [9.17, 15) is 4.79 Å². The minimum absolute atomic E-state index is 0.104. The third-order valence-electron chi connectivity index (χ3n) is 4.69. The van der Waals surface area contributed by atoms with Crippen molar-refractivity contribution in [2.24, 2.45) is 0 Å². The number of hydrogen-bond acceptors (Lipinski definition) is 5. The highest BCUT2D eigenvalue weighted by molar-refractivity contribution is 5.83. The van der Waals surface area contributed by atoms with Gasteiger partial charge in [0.2, 0.25) is 5.91 Å². The van der Waals surface area contributed by atoms with Gasteiger partial charge in [0.15, 0.2) is 5.82 Å². The lowest BCUT2D eigenvalue weighted by Crippen LogP contribution is -2.32. The van der Waals surface area contributed by atoms with Crippen LogP contribution in [0.25, 0.3) is 22.5 Å². The maximum Gasteiger partial charge on any atom is 0.257 e. The van der Waals surface area contributed by atoms with E-state index in [1.54, 1.807) is 6.33 Å². The Balaban J connectivity index is 1.45. The molecular weight excluding hydrogens is 354 g/mol. The predicted octanol–water partition coefficient (Wildman–Crippen LogP) is 3.66. The van der Waals surface area contributed by atoms with E-state index in [1.807, 2.05) is 66.9 Å². The van der Waals surface area contributed by atoms with Crippen LogP contribution < -0.4 is 5.32 Å². The molecule has 0 bridgehead atoms. The van der Waals surface area contributed by atoms with E-state index in [2.05, 4.69) is 20.4 Å². The van der Waals surface area contributed by atoms with Crippen LogP contribution in [0.5, 0.6) is 0 Å². The van der Waals surface area contributed by atoms with Crippen LogP contribution in [0.2, 0.25) is 0 Å². The summed E-state index contributed by atoms with van der Waals surface area (Å²) in [6.07, 6.45) is 2.36. The molecular formula is C21H21N5O2. The number of aryl methyl sites for hydroxylation is 1. The molecule has 2 aromatic carbocycles. The molecule has 0 radical (unpaired) electrons. The third-order valence-corrected chi connectivity index (χ3v) is 4.69. The molecule has 28 heavy (non-hydrogen) atoms. The first kappa shape index (κ1) is 17.9. The molecule has 1 unspecified atom stereocenters. The largest absolute Gasteiger partial charge is 0.347 e. The Morgan fingerprint density at radius 2 is 1.96 bits per heavy atom. The first-order valence-corrected chi connectivity index (χ1v) is 9.24. The number of imidazole rings is 1. The summed E-state index contributed by atoms with van der Waals surface area (Å²) in [5.74, 6) is 0.776. The van der Waals surface area contributed by atoms with Crippen molar-refractivity contribution < 1.29 is 9.32 Å². The second kappa shape index (κ2) is 7.64. The van der Waals surface area contributed by atoms with Crippen LogP contribution in [0.4, 0.5) is 0 Å². The number of aromatic nitrogens is 4. The first-order valence-electron chi connectivity index (χ1n) is 9.24. The Kier molecular flexibility index (Phi) is 4.89. The van der Waals surface area contributed by atoms with Crippen molar-refractivity contribution in [2.75, 3.05) is 0 Å². The second-order valence-electron chi connectivity index (χ2n) is 6.66. The molecule has 0 spiro atoms. The van der Waals surface area contributed by atoms with E-state index in [0.29, 0.717) is 18.1 Å². The van der Waals surface area contributed by atoms with Crippen LogP contribution in [0.15, 0.2) is 59.4 Å². The Morgan fingerprint density at radius 1 is 1.18 bits per heavy atom. The van der Waals surface area contributed by atoms with E-state index < -0.39 is 0 Å². The summed E-state index contributed by atoms with van der Waals surface area (Å²) in [6.45, 7) is 4.20. The summed E-state index contributed by atoms with van der Waals surface area (Å²) >= 11 is 0. The topological polar surface area (TPSA) is 85.8 Å². The number of fused-ring (bicyclic) bond motifs is 1. The van der Waals surface area contributed by atoms with Crippen LogP contribution in [0.1, 0.15) is 30.8 Å². The number of para-hydroxylation sites is 2. The van der Waals surface area contributed by atoms with E-state index in [1.165, 1.54) is 0 Å². The summed E-state index contributed by atoms with van der Waals surface area (Å²) in [4.78, 5) is 21.5. The number of rotatable bonds is 6. The maximum atomic E-state index is 12.8. The van der Waals surface area contributed by atoms with Gasteiger partial charge in [0.25, 0.3) is 5.89 Å². The fraction of sp³-hybridized carbons (Fsp3) is 0.238. The Bertz CT molecular complexity index is 1100. The fourth-order valence-electron chi connectivity index (χ4n) is 3.16. The molecule has 0 aliphatic carbocycles. The predicted molar refractivity (Wildman–Crippen MR) is 105 cm³/mol. The molecule has 7 heteroatoms. The van der Waals surface area contributed by atoms with Gasteiger partial charge in [-0.25, -0.2) is 4.98 Å². The van der Waals surface area contributed by atoms with Gasteiger partial charge in [-0.15, -0.1) is 0 Å². The average Bonchev–Trinajstić information content (AvgIpc) is 3.35. The van der Waals surface area contributed by atoms with Gasteiger partial charge in [-0.3, -0.25) is 4.79 Å². The Morgan fingerprint density at radius 3 is 2.75 bits per heavy atom. The monoisotopic (exact) mass is 375 g/mol.